The van der Waals surface area contributed by atoms with Crippen LogP contribution in [0.4, 0.5) is 0 Å². The van der Waals surface area contributed by atoms with E-state index in [1.54, 1.807) is 0 Å². The van der Waals surface area contributed by atoms with Crippen LogP contribution < -0.4 is 0 Å². The van der Waals surface area contributed by atoms with Gasteiger partial charge >= 0.3 is 5.97 Å². The van der Waals surface area contributed by atoms with Gasteiger partial charge in [0.2, 0.25) is 0 Å². The van der Waals surface area contributed by atoms with Crippen molar-refractivity contribution >= 4 is 5.97 Å². The molecular weight excluding hydrogens is 394 g/mol. The van der Waals surface area contributed by atoms with Gasteiger partial charge in [-0.2, -0.15) is 0 Å². The number of hydrogen-bond donors (Lipinski definition) is 0. The molecule has 2 aromatic carbocycles. The van der Waals surface area contributed by atoms with Crippen molar-refractivity contribution in [3.8, 4) is 0 Å². The first-order valence-electron chi connectivity index (χ1n) is 12.4. The summed E-state index contributed by atoms with van der Waals surface area (Å²) in [6.07, 6.45) is 5.85. The van der Waals surface area contributed by atoms with E-state index in [0.29, 0.717) is 17.8 Å². The van der Waals surface area contributed by atoms with Crippen molar-refractivity contribution < 1.29 is 9.53 Å². The summed E-state index contributed by atoms with van der Waals surface area (Å²) in [5.41, 5.74) is 2.42. The molecule has 3 atom stereocenters. The number of rotatable bonds is 4. The Bertz CT molecular complexity index is 877. The molecule has 3 nitrogen and oxygen atoms in total. The molecule has 3 heteroatoms. The predicted octanol–water partition coefficient (Wildman–Crippen LogP) is 6.16. The summed E-state index contributed by atoms with van der Waals surface area (Å²) in [5, 5.41) is 0. The third-order valence-electron chi connectivity index (χ3n) is 8.24. The monoisotopic (exact) mass is 431 g/mol. The molecule has 1 saturated heterocycles. The van der Waals surface area contributed by atoms with Crippen molar-refractivity contribution in [2.75, 3.05) is 13.1 Å². The van der Waals surface area contributed by atoms with Crippen molar-refractivity contribution in [2.24, 2.45) is 11.3 Å². The van der Waals surface area contributed by atoms with Gasteiger partial charge in [-0.1, -0.05) is 60.7 Å². The molecule has 32 heavy (non-hydrogen) atoms. The number of nitrogens with zero attached hydrogens (tertiary/aromatic N) is 1. The van der Waals surface area contributed by atoms with Gasteiger partial charge in [0.05, 0.1) is 5.41 Å². The molecule has 0 amide bonds. The molecule has 4 aliphatic rings. The van der Waals surface area contributed by atoms with Crippen LogP contribution in [0, 0.1) is 11.3 Å². The summed E-state index contributed by atoms with van der Waals surface area (Å²) in [4.78, 5) is 15.8. The highest BCUT2D eigenvalue weighted by Crippen LogP contribution is 2.61. The molecule has 0 N–H and O–H groups in total. The van der Waals surface area contributed by atoms with Crippen LogP contribution >= 0.6 is 0 Å². The van der Waals surface area contributed by atoms with Crippen LogP contribution in [-0.2, 0) is 9.53 Å². The molecular formula is C29H37NO2. The second-order valence-corrected chi connectivity index (χ2v) is 11.3. The lowest BCUT2D eigenvalue weighted by Gasteiger charge is -2.61. The van der Waals surface area contributed by atoms with E-state index < -0.39 is 5.41 Å². The molecule has 2 aromatic rings. The van der Waals surface area contributed by atoms with Crippen LogP contribution in [0.25, 0.3) is 0 Å². The number of benzene rings is 2. The molecule has 170 valence electrons. The zero-order chi connectivity index (χ0) is 22.3. The topological polar surface area (TPSA) is 29.5 Å². The van der Waals surface area contributed by atoms with E-state index in [4.69, 9.17) is 4.74 Å². The van der Waals surface area contributed by atoms with Gasteiger partial charge in [0.25, 0.3) is 0 Å². The van der Waals surface area contributed by atoms with Crippen molar-refractivity contribution in [1.82, 2.24) is 4.90 Å². The lowest BCUT2D eigenvalue weighted by Crippen LogP contribution is -2.62. The molecule has 3 unspecified atom stereocenters. The lowest BCUT2D eigenvalue weighted by atomic mass is 9.51. The highest BCUT2D eigenvalue weighted by molar-refractivity contribution is 5.75. The highest BCUT2D eigenvalue weighted by Gasteiger charge is 2.59. The van der Waals surface area contributed by atoms with E-state index >= 15 is 0 Å². The van der Waals surface area contributed by atoms with E-state index in [-0.39, 0.29) is 17.6 Å². The van der Waals surface area contributed by atoms with Gasteiger partial charge < -0.3 is 4.74 Å². The van der Waals surface area contributed by atoms with Crippen molar-refractivity contribution in [3.63, 3.8) is 0 Å². The molecule has 0 radical (unpaired) electrons. The van der Waals surface area contributed by atoms with Gasteiger partial charge in [0.15, 0.2) is 0 Å². The fourth-order valence-corrected chi connectivity index (χ4v) is 6.74. The van der Waals surface area contributed by atoms with Gasteiger partial charge in [-0.25, -0.2) is 0 Å². The maximum absolute atomic E-state index is 13.1. The van der Waals surface area contributed by atoms with Crippen molar-refractivity contribution in [3.05, 3.63) is 71.8 Å². The minimum atomic E-state index is -0.484. The Morgan fingerprint density at radius 3 is 1.81 bits per heavy atom. The Morgan fingerprint density at radius 2 is 1.34 bits per heavy atom. The number of hydrogen-bond acceptors (Lipinski definition) is 3. The number of fused-ring (bicyclic) bond motifs is 3. The first-order chi connectivity index (χ1) is 15.4. The minimum absolute atomic E-state index is 0.0414. The maximum atomic E-state index is 13.1. The van der Waals surface area contributed by atoms with Crippen molar-refractivity contribution in [2.45, 2.75) is 76.4 Å². The third kappa shape index (κ3) is 3.90. The molecule has 4 fully saturated rings. The largest absolute Gasteiger partial charge is 0.462 e. The normalized spacial score (nSPS) is 32.7. The van der Waals surface area contributed by atoms with E-state index in [0.717, 1.165) is 6.42 Å². The van der Waals surface area contributed by atoms with E-state index in [1.807, 2.05) is 20.8 Å². The smallest absolute Gasteiger partial charge is 0.311 e. The lowest BCUT2D eigenvalue weighted by molar-refractivity contribution is -0.176. The SMILES string of the molecule is CC(C)(C)C(=O)OC1CC2(N3CCCC3)CC(c3ccccc3)C1C(c1ccccc1)C2. The van der Waals surface area contributed by atoms with Crippen molar-refractivity contribution in [1.29, 1.82) is 0 Å². The van der Waals surface area contributed by atoms with Crippen LogP contribution in [0.3, 0.4) is 0 Å². The zero-order valence-corrected chi connectivity index (χ0v) is 19.8. The molecule has 2 bridgehead atoms. The number of carbonyl (C=O) groups excluding carboxylic acids is 1. The zero-order valence-electron chi connectivity index (χ0n) is 19.8. The molecule has 0 spiro atoms. The van der Waals surface area contributed by atoms with Crippen LogP contribution in [0.15, 0.2) is 60.7 Å². The van der Waals surface area contributed by atoms with E-state index in [1.165, 1.54) is 49.9 Å². The van der Waals surface area contributed by atoms with E-state index in [9.17, 15) is 4.79 Å². The van der Waals surface area contributed by atoms with E-state index in [2.05, 4.69) is 65.6 Å². The number of likely N-dealkylation sites (tertiary alicyclic amines) is 1. The van der Waals surface area contributed by atoms with Gasteiger partial charge in [0.1, 0.15) is 6.10 Å². The van der Waals surface area contributed by atoms with Crippen LogP contribution in [-0.4, -0.2) is 35.6 Å². The molecule has 3 saturated carbocycles. The second-order valence-electron chi connectivity index (χ2n) is 11.3. The summed E-state index contributed by atoms with van der Waals surface area (Å²) >= 11 is 0. The third-order valence-corrected chi connectivity index (χ3v) is 8.24. The molecule has 1 aliphatic heterocycles. The average Bonchev–Trinajstić information content (AvgIpc) is 3.35. The summed E-state index contributed by atoms with van der Waals surface area (Å²) in [6.45, 7) is 8.25. The number of esters is 1. The summed E-state index contributed by atoms with van der Waals surface area (Å²) < 4.78 is 6.41. The Morgan fingerprint density at radius 1 is 0.844 bits per heavy atom. The van der Waals surface area contributed by atoms with Gasteiger partial charge in [0, 0.05) is 17.9 Å². The number of ether oxygens (including phenoxy) is 1. The predicted molar refractivity (Wildman–Crippen MR) is 129 cm³/mol. The minimum Gasteiger partial charge on any atom is -0.462 e. The van der Waals surface area contributed by atoms with Crippen LogP contribution in [0.2, 0.25) is 0 Å². The van der Waals surface area contributed by atoms with Gasteiger partial charge in [-0.05, 0) is 82.5 Å². The van der Waals surface area contributed by atoms with Gasteiger partial charge in [-0.15, -0.1) is 0 Å². The van der Waals surface area contributed by atoms with Gasteiger partial charge in [-0.3, -0.25) is 9.69 Å². The number of carbonyl (C=O) groups is 1. The van der Waals surface area contributed by atoms with Crippen LogP contribution in [0.5, 0.6) is 0 Å². The molecule has 3 aliphatic carbocycles. The maximum Gasteiger partial charge on any atom is 0.311 e. The Balaban J connectivity index is 1.60. The second kappa shape index (κ2) is 8.33. The summed E-state index contributed by atoms with van der Waals surface area (Å²) in [7, 11) is 0. The first-order valence-corrected chi connectivity index (χ1v) is 12.4. The molecule has 0 aromatic heterocycles. The molecule has 1 heterocycles. The summed E-state index contributed by atoms with van der Waals surface area (Å²) in [5.74, 6) is 1.06. The molecule has 6 rings (SSSR count). The Labute approximate surface area is 193 Å². The standard InChI is InChI=1S/C29H37NO2/c1-28(2,3)27(31)32-25-20-29(30-16-10-11-17-30)18-23(21-12-6-4-7-13-21)26(25)24(19-29)22-14-8-5-9-15-22/h4-9,12-15,23-26H,10-11,16-20H2,1-3H3. The highest BCUT2D eigenvalue weighted by atomic mass is 16.5. The quantitative estimate of drug-likeness (QED) is 0.543. The summed E-state index contributed by atoms with van der Waals surface area (Å²) in [6, 6.07) is 22.0. The Kier molecular flexibility index (Phi) is 5.65. The fraction of sp³-hybridized carbons (Fsp3) is 0.552. The van der Waals surface area contributed by atoms with Crippen LogP contribution in [0.1, 0.15) is 75.8 Å². The Hall–Kier alpha value is -2.13. The average molecular weight is 432 g/mol. The first kappa shape index (κ1) is 21.7. The fourth-order valence-electron chi connectivity index (χ4n) is 6.74.